The average Bonchev–Trinajstić information content (AvgIpc) is 3.56. The molecule has 2 saturated heterocycles. The molecule has 2 aliphatic rings. The van der Waals surface area contributed by atoms with Gasteiger partial charge in [-0.1, -0.05) is 30.3 Å². The molecule has 4 rings (SSSR count). The van der Waals surface area contributed by atoms with Gasteiger partial charge in [0.1, 0.15) is 11.6 Å². The lowest BCUT2D eigenvalue weighted by Gasteiger charge is -2.29. The van der Waals surface area contributed by atoms with E-state index in [1.807, 2.05) is 30.3 Å². The van der Waals surface area contributed by atoms with E-state index < -0.39 is 35.7 Å². The molecule has 1 unspecified atom stereocenters. The van der Waals surface area contributed by atoms with Crippen molar-refractivity contribution in [2.24, 2.45) is 5.92 Å². The molecule has 5 atom stereocenters. The van der Waals surface area contributed by atoms with Gasteiger partial charge >= 0.3 is 0 Å². The Morgan fingerprint density at radius 3 is 2.58 bits per heavy atom. The summed E-state index contributed by atoms with van der Waals surface area (Å²) >= 11 is 0. The number of nitrogens with one attached hydrogen (secondary N) is 2. The van der Waals surface area contributed by atoms with E-state index in [2.05, 4.69) is 10.6 Å². The molecule has 0 aromatic heterocycles. The van der Waals surface area contributed by atoms with E-state index in [4.69, 9.17) is 9.84 Å². The third kappa shape index (κ3) is 8.54. The zero-order chi connectivity index (χ0) is 28.5. The number of aliphatic hydroxyl groups is 2. The second kappa shape index (κ2) is 14.6. The summed E-state index contributed by atoms with van der Waals surface area (Å²) in [6.07, 6.45) is 1.58. The van der Waals surface area contributed by atoms with Crippen LogP contribution in [0.3, 0.4) is 0 Å². The summed E-state index contributed by atoms with van der Waals surface area (Å²) < 4.78 is 33.9. The molecule has 218 valence electrons. The number of aliphatic hydroxyl groups excluding tert-OH is 2. The lowest BCUT2D eigenvalue weighted by atomic mass is 9.94. The normalized spacial score (nSPS) is 22.4. The predicted octanol–water partition coefficient (Wildman–Crippen LogP) is 2.31. The number of hydrogen-bond acceptors (Lipinski definition) is 6. The summed E-state index contributed by atoms with van der Waals surface area (Å²) in [5.41, 5.74) is 1.35. The van der Waals surface area contributed by atoms with Crippen LogP contribution in [0.5, 0.6) is 0 Å². The van der Waals surface area contributed by atoms with Gasteiger partial charge in [-0.05, 0) is 55.4 Å². The van der Waals surface area contributed by atoms with Crippen molar-refractivity contribution < 1.29 is 33.3 Å². The Morgan fingerprint density at radius 1 is 1.10 bits per heavy atom. The number of unbranched alkanes of at least 4 members (excludes halogenated alkanes) is 2. The van der Waals surface area contributed by atoms with Crippen molar-refractivity contribution in [2.75, 3.05) is 26.2 Å². The van der Waals surface area contributed by atoms with Gasteiger partial charge in [0, 0.05) is 44.8 Å². The molecule has 4 N–H and O–H groups in total. The second-order valence-corrected chi connectivity index (χ2v) is 10.8. The van der Waals surface area contributed by atoms with Crippen LogP contribution in [-0.4, -0.2) is 77.5 Å². The van der Waals surface area contributed by atoms with Crippen LogP contribution in [0.2, 0.25) is 0 Å². The highest BCUT2D eigenvalue weighted by Gasteiger charge is 2.38. The highest BCUT2D eigenvalue weighted by molar-refractivity contribution is 5.89. The van der Waals surface area contributed by atoms with Crippen LogP contribution in [0.25, 0.3) is 0 Å². The molecule has 0 radical (unpaired) electrons. The molecular weight excluding hydrogens is 520 g/mol. The highest BCUT2D eigenvalue weighted by atomic mass is 19.1. The van der Waals surface area contributed by atoms with Gasteiger partial charge in [-0.15, -0.1) is 0 Å². The van der Waals surface area contributed by atoms with E-state index in [0.717, 1.165) is 24.5 Å². The first kappa shape index (κ1) is 30.0. The zero-order valence-corrected chi connectivity index (χ0v) is 22.6. The Kier molecular flexibility index (Phi) is 11.0. The van der Waals surface area contributed by atoms with Crippen LogP contribution in [0, 0.1) is 17.6 Å². The Hall–Kier alpha value is -2.92. The van der Waals surface area contributed by atoms with Gasteiger partial charge in [0.2, 0.25) is 11.8 Å². The van der Waals surface area contributed by atoms with Gasteiger partial charge in [0.05, 0.1) is 30.8 Å². The molecule has 2 fully saturated rings. The SMILES string of the molecule is O=C(N[C@@H](Cc1cc(F)cc(F)c1)[C@H](O)[C@H]1C[C@@H](OCc2ccccc2)CN1)C1CC(=O)N(CCCCCO)C1. The molecule has 8 nitrogen and oxygen atoms in total. The third-order valence-corrected chi connectivity index (χ3v) is 7.65. The van der Waals surface area contributed by atoms with E-state index in [0.29, 0.717) is 38.1 Å². The van der Waals surface area contributed by atoms with Crippen molar-refractivity contribution in [2.45, 2.75) is 69.4 Å². The Bertz CT molecular complexity index is 1100. The molecule has 2 aromatic rings. The first-order valence-corrected chi connectivity index (χ1v) is 14.0. The average molecular weight is 560 g/mol. The molecule has 2 heterocycles. The van der Waals surface area contributed by atoms with Gasteiger partial charge < -0.3 is 30.5 Å². The van der Waals surface area contributed by atoms with Crippen LogP contribution in [0.15, 0.2) is 48.5 Å². The Balaban J connectivity index is 1.39. The highest BCUT2D eigenvalue weighted by Crippen LogP contribution is 2.23. The Labute approximate surface area is 233 Å². The minimum Gasteiger partial charge on any atom is -0.396 e. The maximum Gasteiger partial charge on any atom is 0.225 e. The number of hydrogen-bond donors (Lipinski definition) is 4. The molecule has 0 saturated carbocycles. The van der Waals surface area contributed by atoms with E-state index in [9.17, 15) is 23.5 Å². The van der Waals surface area contributed by atoms with Crippen LogP contribution in [0.4, 0.5) is 8.78 Å². The van der Waals surface area contributed by atoms with E-state index >= 15 is 0 Å². The molecule has 2 amide bonds. The number of amides is 2. The van der Waals surface area contributed by atoms with Crippen molar-refractivity contribution >= 4 is 11.8 Å². The predicted molar refractivity (Wildman–Crippen MR) is 145 cm³/mol. The molecule has 2 aliphatic heterocycles. The molecule has 2 aromatic carbocycles. The fraction of sp³-hybridized carbons (Fsp3) is 0.533. The second-order valence-electron chi connectivity index (χ2n) is 10.8. The molecular formula is C30H39F2N3O5. The molecule has 0 bridgehead atoms. The lowest BCUT2D eigenvalue weighted by molar-refractivity contribution is -0.129. The summed E-state index contributed by atoms with van der Waals surface area (Å²) in [5.74, 6) is -2.53. The summed E-state index contributed by atoms with van der Waals surface area (Å²) in [6, 6.07) is 11.7. The minimum absolute atomic E-state index is 0.0147. The molecule has 40 heavy (non-hydrogen) atoms. The van der Waals surface area contributed by atoms with Crippen LogP contribution >= 0.6 is 0 Å². The van der Waals surface area contributed by atoms with Crippen molar-refractivity contribution in [1.82, 2.24) is 15.5 Å². The van der Waals surface area contributed by atoms with Crippen LogP contribution in [-0.2, 0) is 27.4 Å². The zero-order valence-electron chi connectivity index (χ0n) is 22.6. The fourth-order valence-electron chi connectivity index (χ4n) is 5.48. The van der Waals surface area contributed by atoms with Crippen molar-refractivity contribution in [3.8, 4) is 0 Å². The number of benzene rings is 2. The summed E-state index contributed by atoms with van der Waals surface area (Å²) in [4.78, 5) is 27.4. The van der Waals surface area contributed by atoms with E-state index in [1.54, 1.807) is 4.90 Å². The summed E-state index contributed by atoms with van der Waals surface area (Å²) in [5, 5.41) is 26.5. The Morgan fingerprint density at radius 2 is 1.85 bits per heavy atom. The van der Waals surface area contributed by atoms with Gasteiger partial charge in [0.15, 0.2) is 0 Å². The minimum atomic E-state index is -1.06. The largest absolute Gasteiger partial charge is 0.396 e. The number of ether oxygens (including phenoxy) is 1. The van der Waals surface area contributed by atoms with Gasteiger partial charge in [-0.2, -0.15) is 0 Å². The van der Waals surface area contributed by atoms with Crippen molar-refractivity contribution in [3.05, 3.63) is 71.3 Å². The first-order valence-electron chi connectivity index (χ1n) is 14.0. The molecule has 0 aliphatic carbocycles. The van der Waals surface area contributed by atoms with Crippen molar-refractivity contribution in [1.29, 1.82) is 0 Å². The topological polar surface area (TPSA) is 111 Å². The standard InChI is InChI=1S/C30H39F2N3O5/c31-23-11-21(12-24(32)15-23)13-27(34-30(39)22-14-28(37)35(18-22)9-5-2-6-10-36)29(38)26-16-25(17-33-26)40-19-20-7-3-1-4-8-20/h1,3-4,7-8,11-12,15,22,25-27,29,33,36,38H,2,5-6,9-10,13-14,16-19H2,(H,34,39)/t22?,25-,26-,27+,29-/m1/s1. The third-order valence-electron chi connectivity index (χ3n) is 7.65. The van der Waals surface area contributed by atoms with Gasteiger partial charge in [-0.25, -0.2) is 8.78 Å². The lowest BCUT2D eigenvalue weighted by Crippen LogP contribution is -2.53. The summed E-state index contributed by atoms with van der Waals surface area (Å²) in [6.45, 7) is 1.86. The maximum atomic E-state index is 13.9. The number of rotatable bonds is 14. The van der Waals surface area contributed by atoms with E-state index in [1.165, 1.54) is 12.1 Å². The number of likely N-dealkylation sites (tertiary alicyclic amines) is 1. The van der Waals surface area contributed by atoms with Gasteiger partial charge in [-0.3, -0.25) is 9.59 Å². The number of nitrogens with zero attached hydrogens (tertiary/aromatic N) is 1. The number of carbonyl (C=O) groups excluding carboxylic acids is 2. The van der Waals surface area contributed by atoms with E-state index in [-0.39, 0.29) is 43.9 Å². The fourth-order valence-corrected chi connectivity index (χ4v) is 5.48. The molecule has 0 spiro atoms. The van der Waals surface area contributed by atoms with Crippen LogP contribution in [0.1, 0.15) is 43.2 Å². The first-order chi connectivity index (χ1) is 19.3. The summed E-state index contributed by atoms with van der Waals surface area (Å²) in [7, 11) is 0. The molecule has 10 heteroatoms. The quantitative estimate of drug-likeness (QED) is 0.265. The smallest absolute Gasteiger partial charge is 0.225 e. The van der Waals surface area contributed by atoms with Gasteiger partial charge in [0.25, 0.3) is 0 Å². The maximum absolute atomic E-state index is 13.9. The number of halogens is 2. The van der Waals surface area contributed by atoms with Crippen LogP contribution < -0.4 is 10.6 Å². The number of carbonyl (C=O) groups is 2. The monoisotopic (exact) mass is 559 g/mol. The van der Waals surface area contributed by atoms with Crippen molar-refractivity contribution in [3.63, 3.8) is 0 Å².